The van der Waals surface area contributed by atoms with Crippen LogP contribution in [0.2, 0.25) is 0 Å². The molecule has 5 heteroatoms. The summed E-state index contributed by atoms with van der Waals surface area (Å²) in [5.41, 5.74) is 5.23. The third-order valence-electron chi connectivity index (χ3n) is 4.73. The molecule has 1 aromatic carbocycles. The highest BCUT2D eigenvalue weighted by Crippen LogP contribution is 2.45. The van der Waals surface area contributed by atoms with Gasteiger partial charge >= 0.3 is 0 Å². The van der Waals surface area contributed by atoms with Crippen molar-refractivity contribution in [2.24, 2.45) is 11.3 Å². The van der Waals surface area contributed by atoms with Gasteiger partial charge in [0.2, 0.25) is 0 Å². The first kappa shape index (κ1) is 14.2. The van der Waals surface area contributed by atoms with Crippen molar-refractivity contribution in [3.63, 3.8) is 0 Å². The van der Waals surface area contributed by atoms with Gasteiger partial charge in [-0.15, -0.1) is 5.10 Å². The molecule has 5 nitrogen and oxygen atoms in total. The molecule has 21 heavy (non-hydrogen) atoms. The molecule has 1 heterocycles. The van der Waals surface area contributed by atoms with Gasteiger partial charge in [-0.2, -0.15) is 0 Å². The van der Waals surface area contributed by atoms with E-state index in [4.69, 9.17) is 5.84 Å². The highest BCUT2D eigenvalue weighted by molar-refractivity contribution is 5.32. The molecule has 112 valence electrons. The Morgan fingerprint density at radius 1 is 1.19 bits per heavy atom. The first-order valence-corrected chi connectivity index (χ1v) is 7.67. The van der Waals surface area contributed by atoms with Crippen LogP contribution in [0.5, 0.6) is 0 Å². The molecular formula is C16H23N5. The van der Waals surface area contributed by atoms with E-state index in [1.54, 1.807) is 0 Å². The molecule has 1 atom stereocenters. The van der Waals surface area contributed by atoms with Crippen LogP contribution in [-0.2, 0) is 0 Å². The van der Waals surface area contributed by atoms with Crippen LogP contribution < -0.4 is 11.3 Å². The number of hydrogen-bond acceptors (Lipinski definition) is 4. The average molecular weight is 285 g/mol. The maximum atomic E-state index is 5.91. The lowest BCUT2D eigenvalue weighted by Gasteiger charge is -2.40. The van der Waals surface area contributed by atoms with Gasteiger partial charge in [-0.25, -0.2) is 4.68 Å². The van der Waals surface area contributed by atoms with Gasteiger partial charge in [0.25, 0.3) is 0 Å². The smallest absolute Gasteiger partial charge is 0.0834 e. The maximum absolute atomic E-state index is 5.91. The van der Waals surface area contributed by atoms with E-state index in [1.807, 2.05) is 41.2 Å². The molecule has 3 rings (SSSR count). The van der Waals surface area contributed by atoms with Gasteiger partial charge in [0.15, 0.2) is 0 Å². The van der Waals surface area contributed by atoms with Gasteiger partial charge in [-0.1, -0.05) is 49.6 Å². The molecule has 0 aliphatic heterocycles. The number of para-hydroxylation sites is 1. The largest absolute Gasteiger partial charge is 0.271 e. The first-order valence-electron chi connectivity index (χ1n) is 7.67. The van der Waals surface area contributed by atoms with Crippen LogP contribution in [0.1, 0.15) is 50.8 Å². The number of benzene rings is 1. The van der Waals surface area contributed by atoms with Gasteiger partial charge in [-0.3, -0.25) is 11.3 Å². The Hall–Kier alpha value is -1.72. The van der Waals surface area contributed by atoms with E-state index >= 15 is 0 Å². The third-order valence-corrected chi connectivity index (χ3v) is 4.73. The Morgan fingerprint density at radius 3 is 2.57 bits per heavy atom. The Kier molecular flexibility index (Phi) is 4.03. The summed E-state index contributed by atoms with van der Waals surface area (Å²) < 4.78 is 1.89. The lowest BCUT2D eigenvalue weighted by molar-refractivity contribution is 0.140. The first-order chi connectivity index (χ1) is 10.2. The number of aromatic nitrogens is 3. The van der Waals surface area contributed by atoms with Crippen LogP contribution in [0, 0.1) is 5.41 Å². The van der Waals surface area contributed by atoms with E-state index in [0.29, 0.717) is 0 Å². The molecule has 1 unspecified atom stereocenters. The summed E-state index contributed by atoms with van der Waals surface area (Å²) in [6.07, 6.45) is 8.05. The van der Waals surface area contributed by atoms with Crippen molar-refractivity contribution in [2.75, 3.05) is 0 Å². The SMILES string of the molecule is CC1(C(NN)c2cnnn2-c2ccccc2)CCCCC1. The Bertz CT molecular complexity index is 571. The standard InChI is InChI=1S/C16H23N5/c1-16(10-6-3-7-11-16)15(19-17)14-12-18-20-21(14)13-8-4-2-5-9-13/h2,4-5,8-9,12,15,19H,3,6-7,10-11,17H2,1H3. The zero-order valence-electron chi connectivity index (χ0n) is 12.5. The summed E-state index contributed by atoms with van der Waals surface area (Å²) in [6.45, 7) is 2.32. The van der Waals surface area contributed by atoms with E-state index in [9.17, 15) is 0 Å². The fourth-order valence-corrected chi connectivity index (χ4v) is 3.50. The summed E-state index contributed by atoms with van der Waals surface area (Å²) in [5.74, 6) is 5.91. The van der Waals surface area contributed by atoms with Gasteiger partial charge in [0, 0.05) is 0 Å². The molecule has 1 saturated carbocycles. The molecule has 3 N–H and O–H groups in total. The van der Waals surface area contributed by atoms with Gasteiger partial charge in [0.1, 0.15) is 0 Å². The van der Waals surface area contributed by atoms with E-state index in [-0.39, 0.29) is 11.5 Å². The molecule has 0 spiro atoms. The third kappa shape index (κ3) is 2.71. The fourth-order valence-electron chi connectivity index (χ4n) is 3.50. The monoisotopic (exact) mass is 285 g/mol. The van der Waals surface area contributed by atoms with Crippen molar-refractivity contribution in [1.29, 1.82) is 0 Å². The predicted octanol–water partition coefficient (Wildman–Crippen LogP) is 2.74. The lowest BCUT2D eigenvalue weighted by Crippen LogP contribution is -2.42. The Labute approximate surface area is 125 Å². The van der Waals surface area contributed by atoms with E-state index in [1.165, 1.54) is 32.1 Å². The highest BCUT2D eigenvalue weighted by atomic mass is 15.4. The molecule has 0 bridgehead atoms. The molecule has 1 aromatic heterocycles. The normalized spacial score (nSPS) is 19.3. The van der Waals surface area contributed by atoms with Crippen molar-refractivity contribution in [1.82, 2.24) is 20.4 Å². The van der Waals surface area contributed by atoms with Gasteiger partial charge in [0.05, 0.1) is 23.6 Å². The van der Waals surface area contributed by atoms with Gasteiger partial charge in [-0.05, 0) is 30.4 Å². The number of nitrogens with two attached hydrogens (primary N) is 1. The molecule has 0 amide bonds. The van der Waals surface area contributed by atoms with Crippen molar-refractivity contribution in [3.05, 3.63) is 42.2 Å². The maximum Gasteiger partial charge on any atom is 0.0834 e. The summed E-state index contributed by atoms with van der Waals surface area (Å²) in [7, 11) is 0. The summed E-state index contributed by atoms with van der Waals surface area (Å²) in [5, 5.41) is 8.36. The zero-order valence-corrected chi connectivity index (χ0v) is 12.5. The van der Waals surface area contributed by atoms with Crippen LogP contribution in [0.15, 0.2) is 36.5 Å². The van der Waals surface area contributed by atoms with E-state index < -0.39 is 0 Å². The molecule has 2 aromatic rings. The second-order valence-electron chi connectivity index (χ2n) is 6.22. The lowest BCUT2D eigenvalue weighted by atomic mass is 9.70. The number of nitrogens with one attached hydrogen (secondary N) is 1. The molecule has 0 radical (unpaired) electrons. The quantitative estimate of drug-likeness (QED) is 0.669. The van der Waals surface area contributed by atoms with Crippen LogP contribution in [0.25, 0.3) is 5.69 Å². The highest BCUT2D eigenvalue weighted by Gasteiger charge is 2.38. The summed E-state index contributed by atoms with van der Waals surface area (Å²) in [6, 6.07) is 10.2. The Balaban J connectivity index is 1.97. The minimum absolute atomic E-state index is 0.0630. The van der Waals surface area contributed by atoms with E-state index in [0.717, 1.165) is 11.4 Å². The second-order valence-corrected chi connectivity index (χ2v) is 6.22. The summed E-state index contributed by atoms with van der Waals surface area (Å²) >= 11 is 0. The van der Waals surface area contributed by atoms with E-state index in [2.05, 4.69) is 22.7 Å². The fraction of sp³-hybridized carbons (Fsp3) is 0.500. The summed E-state index contributed by atoms with van der Waals surface area (Å²) in [4.78, 5) is 0. The number of hydrazine groups is 1. The van der Waals surface area contributed by atoms with Crippen LogP contribution in [0.4, 0.5) is 0 Å². The minimum atomic E-state index is 0.0630. The zero-order chi connectivity index (χ0) is 14.7. The second kappa shape index (κ2) is 5.95. The number of nitrogens with zero attached hydrogens (tertiary/aromatic N) is 3. The molecular weight excluding hydrogens is 262 g/mol. The average Bonchev–Trinajstić information content (AvgIpc) is 2.98. The topological polar surface area (TPSA) is 68.8 Å². The number of rotatable bonds is 4. The molecule has 1 fully saturated rings. The van der Waals surface area contributed by atoms with Crippen molar-refractivity contribution >= 4 is 0 Å². The molecule has 1 aliphatic rings. The van der Waals surface area contributed by atoms with Crippen LogP contribution in [0.3, 0.4) is 0 Å². The number of hydrogen-bond donors (Lipinski definition) is 2. The van der Waals surface area contributed by atoms with Crippen molar-refractivity contribution in [3.8, 4) is 5.69 Å². The Morgan fingerprint density at radius 2 is 1.90 bits per heavy atom. The van der Waals surface area contributed by atoms with Crippen LogP contribution >= 0.6 is 0 Å². The molecule has 1 aliphatic carbocycles. The predicted molar refractivity (Wildman–Crippen MR) is 82.6 cm³/mol. The van der Waals surface area contributed by atoms with Crippen LogP contribution in [-0.4, -0.2) is 15.0 Å². The molecule has 0 saturated heterocycles. The minimum Gasteiger partial charge on any atom is -0.271 e. The van der Waals surface area contributed by atoms with Gasteiger partial charge < -0.3 is 0 Å². The van der Waals surface area contributed by atoms with Crippen molar-refractivity contribution < 1.29 is 0 Å². The van der Waals surface area contributed by atoms with Crippen molar-refractivity contribution in [2.45, 2.75) is 45.1 Å².